The molecule has 186 valence electrons. The highest BCUT2D eigenvalue weighted by atomic mass is 16.5. The van der Waals surface area contributed by atoms with Crippen LogP contribution in [0.5, 0.6) is 11.5 Å². The Balaban J connectivity index is 1.51. The van der Waals surface area contributed by atoms with Crippen LogP contribution in [0, 0.1) is 23.7 Å². The molecule has 36 heavy (non-hydrogen) atoms. The Morgan fingerprint density at radius 3 is 0.944 bits per heavy atom. The fourth-order valence-corrected chi connectivity index (χ4v) is 3.07. The summed E-state index contributed by atoms with van der Waals surface area (Å²) in [5, 5.41) is 0. The fraction of sp³-hybridized carbons (Fsp3) is 0.312. The van der Waals surface area contributed by atoms with Crippen molar-refractivity contribution in [1.29, 1.82) is 0 Å². The molecule has 0 spiro atoms. The highest BCUT2D eigenvalue weighted by molar-refractivity contribution is 5.48. The van der Waals surface area contributed by atoms with Gasteiger partial charge in [-0.15, -0.1) is 0 Å². The molecule has 0 unspecified atom stereocenters. The monoisotopic (exact) mass is 482 g/mol. The van der Waals surface area contributed by atoms with Gasteiger partial charge in [-0.25, -0.2) is 0 Å². The maximum atomic E-state index is 5.82. The third kappa shape index (κ3) is 10.3. The summed E-state index contributed by atoms with van der Waals surface area (Å²) < 4.78 is 13.4. The van der Waals surface area contributed by atoms with Crippen molar-refractivity contribution < 1.29 is 18.4 Å². The Morgan fingerprint density at radius 2 is 0.694 bits per heavy atom. The number of rotatable bonds is 8. The van der Waals surface area contributed by atoms with Gasteiger partial charge in [0.15, 0.2) is 0 Å². The third-order valence-electron chi connectivity index (χ3n) is 5.36. The van der Waals surface area contributed by atoms with Gasteiger partial charge in [-0.1, -0.05) is 23.7 Å². The molecule has 0 N–H and O–H groups in total. The van der Waals surface area contributed by atoms with Gasteiger partial charge in [0.2, 0.25) is 0 Å². The van der Waals surface area contributed by atoms with E-state index >= 15 is 0 Å². The van der Waals surface area contributed by atoms with E-state index in [4.69, 9.17) is 9.47 Å². The van der Waals surface area contributed by atoms with E-state index in [9.17, 15) is 0 Å². The molecule has 0 saturated heterocycles. The van der Waals surface area contributed by atoms with Crippen LogP contribution in [-0.4, -0.2) is 77.6 Å². The van der Waals surface area contributed by atoms with Crippen LogP contribution < -0.4 is 9.47 Å². The second-order valence-corrected chi connectivity index (χ2v) is 10.9. The summed E-state index contributed by atoms with van der Waals surface area (Å²) in [6, 6.07) is 23.9. The highest BCUT2D eigenvalue weighted by Gasteiger charge is 2.07. The maximum Gasteiger partial charge on any atom is 0.137 e. The summed E-state index contributed by atoms with van der Waals surface area (Å²) in [7, 11) is 12.9. The predicted molar refractivity (Wildman–Crippen MR) is 148 cm³/mol. The molecule has 3 aromatic carbocycles. The lowest BCUT2D eigenvalue weighted by molar-refractivity contribution is -0.870. The summed E-state index contributed by atoms with van der Waals surface area (Å²) in [5.41, 5.74) is 3.84. The van der Waals surface area contributed by atoms with Gasteiger partial charge in [-0.2, -0.15) is 0 Å². The minimum absolute atomic E-state index is 0.695. The summed E-state index contributed by atoms with van der Waals surface area (Å²) in [6.45, 7) is 3.31. The second-order valence-electron chi connectivity index (χ2n) is 10.9. The standard InChI is InChI=1S/C32H38N2O2/c1-33(2,3)23-25-35-31-19-15-29(16-20-31)13-11-27-7-9-28(10-8-27)12-14-30-17-21-32(22-18-30)36-26-24-34(4,5)6/h7-10,15-22H,23-26H2,1-6H3/q+2. The fourth-order valence-electron chi connectivity index (χ4n) is 3.07. The SMILES string of the molecule is C[N+](C)(C)CCOc1ccc(C#Cc2ccc(C#Cc3ccc(OCC[N+](C)(C)C)cc3)cc2)cc1. The average molecular weight is 483 g/mol. The molecule has 0 saturated carbocycles. The Labute approximate surface area is 217 Å². The molecule has 4 nitrogen and oxygen atoms in total. The molecule has 0 aliphatic heterocycles. The number of nitrogens with zero attached hydrogens (tertiary/aromatic N) is 2. The Morgan fingerprint density at radius 1 is 0.444 bits per heavy atom. The molecule has 0 bridgehead atoms. The molecule has 0 fully saturated rings. The molecular weight excluding hydrogens is 444 g/mol. The molecule has 0 aliphatic carbocycles. The highest BCUT2D eigenvalue weighted by Crippen LogP contribution is 2.13. The van der Waals surface area contributed by atoms with Gasteiger partial charge in [-0.3, -0.25) is 0 Å². The summed E-state index contributed by atoms with van der Waals surface area (Å²) >= 11 is 0. The van der Waals surface area contributed by atoms with Gasteiger partial charge in [0.25, 0.3) is 0 Å². The molecule has 0 amide bonds. The van der Waals surface area contributed by atoms with Crippen LogP contribution in [0.15, 0.2) is 72.8 Å². The Bertz CT molecular complexity index is 1120. The first kappa shape index (κ1) is 26.9. The number of ether oxygens (including phenoxy) is 2. The number of hydrogen-bond acceptors (Lipinski definition) is 2. The van der Waals surface area contributed by atoms with Crippen LogP contribution >= 0.6 is 0 Å². The van der Waals surface area contributed by atoms with Crippen molar-refractivity contribution in [3.8, 4) is 35.2 Å². The van der Waals surface area contributed by atoms with Crippen LogP contribution in [0.3, 0.4) is 0 Å². The zero-order chi connectivity index (χ0) is 26.0. The first-order valence-corrected chi connectivity index (χ1v) is 12.3. The summed E-state index contributed by atoms with van der Waals surface area (Å²) in [4.78, 5) is 0. The number of hydrogen-bond donors (Lipinski definition) is 0. The molecule has 0 atom stereocenters. The van der Waals surface area contributed by atoms with Crippen molar-refractivity contribution in [2.45, 2.75) is 0 Å². The van der Waals surface area contributed by atoms with Crippen LogP contribution in [0.2, 0.25) is 0 Å². The average Bonchev–Trinajstić information content (AvgIpc) is 2.82. The Kier molecular flexibility index (Phi) is 9.20. The summed E-state index contributed by atoms with van der Waals surface area (Å²) in [6.07, 6.45) is 0. The van der Waals surface area contributed by atoms with Crippen LogP contribution in [0.4, 0.5) is 0 Å². The van der Waals surface area contributed by atoms with Crippen molar-refractivity contribution in [2.24, 2.45) is 0 Å². The number of benzene rings is 3. The van der Waals surface area contributed by atoms with E-state index in [1.54, 1.807) is 0 Å². The van der Waals surface area contributed by atoms with Crippen LogP contribution in [-0.2, 0) is 0 Å². The van der Waals surface area contributed by atoms with Gasteiger partial charge in [0.1, 0.15) is 37.8 Å². The van der Waals surface area contributed by atoms with Gasteiger partial charge >= 0.3 is 0 Å². The van der Waals surface area contributed by atoms with E-state index in [1.807, 2.05) is 72.8 Å². The Hall–Kier alpha value is -3.70. The lowest BCUT2D eigenvalue weighted by Gasteiger charge is -2.23. The third-order valence-corrected chi connectivity index (χ3v) is 5.36. The largest absolute Gasteiger partial charge is 0.488 e. The first-order chi connectivity index (χ1) is 17.1. The first-order valence-electron chi connectivity index (χ1n) is 12.3. The smallest absolute Gasteiger partial charge is 0.137 e. The second kappa shape index (κ2) is 12.3. The summed E-state index contributed by atoms with van der Waals surface area (Å²) in [5.74, 6) is 14.6. The van der Waals surface area contributed by atoms with E-state index in [1.165, 1.54) is 0 Å². The minimum atomic E-state index is 0.695. The maximum absolute atomic E-state index is 5.82. The molecule has 3 aromatic rings. The molecule has 4 heteroatoms. The van der Waals surface area contributed by atoms with E-state index in [2.05, 4.69) is 66.0 Å². The lowest BCUT2D eigenvalue weighted by Crippen LogP contribution is -2.38. The molecule has 0 aromatic heterocycles. The van der Waals surface area contributed by atoms with Crippen molar-refractivity contribution in [2.75, 3.05) is 68.6 Å². The topological polar surface area (TPSA) is 18.5 Å². The van der Waals surface area contributed by atoms with Crippen LogP contribution in [0.1, 0.15) is 22.3 Å². The van der Waals surface area contributed by atoms with E-state index < -0.39 is 0 Å². The van der Waals surface area contributed by atoms with E-state index in [-0.39, 0.29) is 0 Å². The van der Waals surface area contributed by atoms with Crippen molar-refractivity contribution in [3.63, 3.8) is 0 Å². The predicted octanol–water partition coefficient (Wildman–Crippen LogP) is 4.66. The number of likely N-dealkylation sites (N-methyl/N-ethyl adjacent to an activating group) is 2. The van der Waals surface area contributed by atoms with Gasteiger partial charge < -0.3 is 18.4 Å². The molecule has 0 radical (unpaired) electrons. The van der Waals surface area contributed by atoms with Crippen molar-refractivity contribution in [1.82, 2.24) is 0 Å². The zero-order valence-corrected chi connectivity index (χ0v) is 22.5. The van der Waals surface area contributed by atoms with Crippen molar-refractivity contribution >= 4 is 0 Å². The normalized spacial score (nSPS) is 11.1. The van der Waals surface area contributed by atoms with Crippen LogP contribution in [0.25, 0.3) is 0 Å². The molecule has 0 heterocycles. The van der Waals surface area contributed by atoms with E-state index in [0.29, 0.717) is 13.2 Å². The zero-order valence-electron chi connectivity index (χ0n) is 22.5. The van der Waals surface area contributed by atoms with Gasteiger partial charge in [0.05, 0.1) is 42.3 Å². The number of quaternary nitrogens is 2. The van der Waals surface area contributed by atoms with Crippen molar-refractivity contribution in [3.05, 3.63) is 95.1 Å². The molecule has 3 rings (SSSR count). The van der Waals surface area contributed by atoms with Gasteiger partial charge in [0, 0.05) is 22.3 Å². The molecular formula is C32H38N2O2+2. The molecule has 0 aliphatic rings. The van der Waals surface area contributed by atoms with Gasteiger partial charge in [-0.05, 0) is 72.8 Å². The quantitative estimate of drug-likeness (QED) is 0.344. The lowest BCUT2D eigenvalue weighted by atomic mass is 10.1. The van der Waals surface area contributed by atoms with E-state index in [0.717, 1.165) is 55.8 Å². The minimum Gasteiger partial charge on any atom is -0.488 e.